The maximum atomic E-state index is 14.0. The minimum atomic E-state index is -0.569. The van der Waals surface area contributed by atoms with E-state index >= 15 is 0 Å². The molecule has 0 radical (unpaired) electrons. The third kappa shape index (κ3) is 5.66. The monoisotopic (exact) mass is 454 g/mol. The number of rotatable bonds is 7. The lowest BCUT2D eigenvalue weighted by atomic mass is 10.1. The molecule has 34 heavy (non-hydrogen) atoms. The van der Waals surface area contributed by atoms with E-state index in [0.717, 1.165) is 11.1 Å². The van der Waals surface area contributed by atoms with Crippen LogP contribution < -0.4 is 10.6 Å². The maximum absolute atomic E-state index is 14.0. The molecule has 5 nitrogen and oxygen atoms in total. The molecule has 4 rings (SSSR count). The standard InChI is InChI=1S/C28H23FN2O3/c1-19-11-13-20(14-12-19)26-16-15-23(34-26)17-25(31-27(32)21-7-3-2-4-8-21)28(33)30-18-22-9-5-6-10-24(22)29/h2-17H,18H2,1H3,(H,30,33)(H,31,32)/b25-17+. The molecule has 6 heteroatoms. The lowest BCUT2D eigenvalue weighted by Gasteiger charge is -2.11. The number of carbonyl (C=O) groups excluding carboxylic acids is 2. The van der Waals surface area contributed by atoms with Crippen molar-refractivity contribution in [2.45, 2.75) is 13.5 Å². The van der Waals surface area contributed by atoms with Crippen LogP contribution >= 0.6 is 0 Å². The summed E-state index contributed by atoms with van der Waals surface area (Å²) in [6, 6.07) is 26.1. The number of carbonyl (C=O) groups is 2. The number of aryl methyl sites for hydroxylation is 1. The molecule has 3 aromatic carbocycles. The van der Waals surface area contributed by atoms with Crippen molar-refractivity contribution in [1.29, 1.82) is 0 Å². The van der Waals surface area contributed by atoms with Crippen LogP contribution in [0.3, 0.4) is 0 Å². The van der Waals surface area contributed by atoms with Crippen molar-refractivity contribution in [1.82, 2.24) is 10.6 Å². The van der Waals surface area contributed by atoms with Crippen LogP contribution in [-0.4, -0.2) is 11.8 Å². The molecular formula is C28H23FN2O3. The summed E-state index contributed by atoms with van der Waals surface area (Å²) in [6.45, 7) is 1.97. The SMILES string of the molecule is Cc1ccc(-c2ccc(/C=C(/NC(=O)c3ccccc3)C(=O)NCc3ccccc3F)o2)cc1. The Morgan fingerprint density at radius 1 is 0.882 bits per heavy atom. The Labute approximate surface area is 196 Å². The molecule has 0 unspecified atom stereocenters. The van der Waals surface area contributed by atoms with Crippen LogP contribution in [-0.2, 0) is 11.3 Å². The van der Waals surface area contributed by atoms with Crippen LogP contribution in [0, 0.1) is 12.7 Å². The highest BCUT2D eigenvalue weighted by atomic mass is 19.1. The van der Waals surface area contributed by atoms with Crippen LogP contribution in [0.4, 0.5) is 4.39 Å². The van der Waals surface area contributed by atoms with Gasteiger partial charge in [-0.05, 0) is 37.3 Å². The molecule has 0 aliphatic carbocycles. The van der Waals surface area contributed by atoms with Gasteiger partial charge in [0.05, 0.1) is 0 Å². The Hall–Kier alpha value is -4.45. The highest BCUT2D eigenvalue weighted by Gasteiger charge is 2.16. The van der Waals surface area contributed by atoms with Gasteiger partial charge in [-0.25, -0.2) is 4.39 Å². The van der Waals surface area contributed by atoms with Gasteiger partial charge in [0.2, 0.25) is 0 Å². The average molecular weight is 455 g/mol. The second-order valence-corrected chi connectivity index (χ2v) is 7.72. The Morgan fingerprint density at radius 2 is 1.59 bits per heavy atom. The van der Waals surface area contributed by atoms with Gasteiger partial charge in [0, 0.05) is 29.3 Å². The van der Waals surface area contributed by atoms with E-state index in [4.69, 9.17) is 4.42 Å². The summed E-state index contributed by atoms with van der Waals surface area (Å²) in [5.41, 5.74) is 2.74. The van der Waals surface area contributed by atoms with E-state index in [9.17, 15) is 14.0 Å². The predicted octanol–water partition coefficient (Wildman–Crippen LogP) is 5.48. The molecule has 1 aromatic heterocycles. The normalized spacial score (nSPS) is 11.2. The summed E-state index contributed by atoms with van der Waals surface area (Å²) in [5.74, 6) is -0.416. The van der Waals surface area contributed by atoms with Gasteiger partial charge < -0.3 is 15.1 Å². The lowest BCUT2D eigenvalue weighted by Crippen LogP contribution is -2.34. The minimum Gasteiger partial charge on any atom is -0.457 e. The van der Waals surface area contributed by atoms with Crippen molar-refractivity contribution in [3.8, 4) is 11.3 Å². The molecule has 0 aliphatic heterocycles. The minimum absolute atomic E-state index is 0.0185. The zero-order chi connectivity index (χ0) is 23.9. The molecule has 0 aliphatic rings. The second kappa shape index (κ2) is 10.4. The zero-order valence-corrected chi connectivity index (χ0v) is 18.5. The van der Waals surface area contributed by atoms with Crippen molar-refractivity contribution in [2.75, 3.05) is 0 Å². The topological polar surface area (TPSA) is 71.3 Å². The first-order valence-corrected chi connectivity index (χ1v) is 10.8. The molecule has 0 spiro atoms. The van der Waals surface area contributed by atoms with E-state index in [1.807, 2.05) is 31.2 Å². The van der Waals surface area contributed by atoms with Gasteiger partial charge in [0.25, 0.3) is 11.8 Å². The number of nitrogens with one attached hydrogen (secondary N) is 2. The molecule has 170 valence electrons. The van der Waals surface area contributed by atoms with E-state index in [2.05, 4.69) is 10.6 Å². The van der Waals surface area contributed by atoms with Gasteiger partial charge in [0.1, 0.15) is 23.0 Å². The number of halogens is 1. The predicted molar refractivity (Wildman–Crippen MR) is 129 cm³/mol. The summed E-state index contributed by atoms with van der Waals surface area (Å²) in [7, 11) is 0. The van der Waals surface area contributed by atoms with Crippen LogP contribution in [0.15, 0.2) is 101 Å². The van der Waals surface area contributed by atoms with Crippen molar-refractivity contribution in [2.24, 2.45) is 0 Å². The largest absolute Gasteiger partial charge is 0.457 e. The molecule has 0 atom stereocenters. The summed E-state index contributed by atoms with van der Waals surface area (Å²) < 4.78 is 19.8. The molecule has 0 saturated carbocycles. The van der Waals surface area contributed by atoms with Crippen LogP contribution in [0.1, 0.15) is 27.2 Å². The van der Waals surface area contributed by atoms with Crippen LogP contribution in [0.2, 0.25) is 0 Å². The van der Waals surface area contributed by atoms with Crippen molar-refractivity contribution in [3.63, 3.8) is 0 Å². The lowest BCUT2D eigenvalue weighted by molar-refractivity contribution is -0.117. The van der Waals surface area contributed by atoms with Crippen molar-refractivity contribution < 1.29 is 18.4 Å². The van der Waals surface area contributed by atoms with E-state index in [1.54, 1.807) is 60.7 Å². The van der Waals surface area contributed by atoms with Crippen LogP contribution in [0.25, 0.3) is 17.4 Å². The van der Waals surface area contributed by atoms with Crippen molar-refractivity contribution in [3.05, 3.63) is 125 Å². The summed E-state index contributed by atoms with van der Waals surface area (Å²) in [6.07, 6.45) is 1.45. The number of furan rings is 1. The average Bonchev–Trinajstić information content (AvgIpc) is 3.32. The number of hydrogen-bond acceptors (Lipinski definition) is 3. The van der Waals surface area contributed by atoms with E-state index < -0.39 is 17.6 Å². The molecule has 4 aromatic rings. The molecule has 2 amide bonds. The summed E-state index contributed by atoms with van der Waals surface area (Å²) in [4.78, 5) is 25.7. The first-order chi connectivity index (χ1) is 16.5. The quantitative estimate of drug-likeness (QED) is 0.363. The third-order valence-electron chi connectivity index (χ3n) is 5.18. The highest BCUT2D eigenvalue weighted by molar-refractivity contribution is 6.05. The number of amides is 2. The molecule has 0 saturated heterocycles. The van der Waals surface area contributed by atoms with Gasteiger partial charge in [-0.1, -0.05) is 66.2 Å². The molecule has 0 bridgehead atoms. The fraction of sp³-hybridized carbons (Fsp3) is 0.0714. The number of benzene rings is 3. The number of hydrogen-bond donors (Lipinski definition) is 2. The van der Waals surface area contributed by atoms with Gasteiger partial charge in [0.15, 0.2) is 0 Å². The third-order valence-corrected chi connectivity index (χ3v) is 5.18. The van der Waals surface area contributed by atoms with Gasteiger partial charge >= 0.3 is 0 Å². The maximum Gasteiger partial charge on any atom is 0.268 e. The van der Waals surface area contributed by atoms with Gasteiger partial charge in [-0.3, -0.25) is 9.59 Å². The zero-order valence-electron chi connectivity index (χ0n) is 18.5. The Morgan fingerprint density at radius 3 is 2.32 bits per heavy atom. The first kappa shape index (κ1) is 22.7. The fourth-order valence-electron chi connectivity index (χ4n) is 3.30. The molecule has 0 fully saturated rings. The Kier molecular flexibility index (Phi) is 6.98. The van der Waals surface area contributed by atoms with Crippen LogP contribution in [0.5, 0.6) is 0 Å². The second-order valence-electron chi connectivity index (χ2n) is 7.72. The summed E-state index contributed by atoms with van der Waals surface area (Å²) >= 11 is 0. The van der Waals surface area contributed by atoms with E-state index in [0.29, 0.717) is 22.6 Å². The molecule has 1 heterocycles. The highest BCUT2D eigenvalue weighted by Crippen LogP contribution is 2.23. The van der Waals surface area contributed by atoms with Gasteiger partial charge in [-0.15, -0.1) is 0 Å². The van der Waals surface area contributed by atoms with Crippen molar-refractivity contribution >= 4 is 17.9 Å². The Bertz CT molecular complexity index is 1330. The van der Waals surface area contributed by atoms with E-state index in [1.165, 1.54) is 12.1 Å². The molecular weight excluding hydrogens is 431 g/mol. The van der Waals surface area contributed by atoms with Gasteiger partial charge in [-0.2, -0.15) is 0 Å². The molecule has 2 N–H and O–H groups in total. The fourth-order valence-corrected chi connectivity index (χ4v) is 3.30. The Balaban J connectivity index is 1.58. The first-order valence-electron chi connectivity index (χ1n) is 10.8. The van der Waals surface area contributed by atoms with E-state index in [-0.39, 0.29) is 12.2 Å². The smallest absolute Gasteiger partial charge is 0.268 e. The summed E-state index contributed by atoms with van der Waals surface area (Å²) in [5, 5.41) is 5.30.